The Kier molecular flexibility index (Phi) is 3.20. The van der Waals surface area contributed by atoms with Gasteiger partial charge in [0.25, 0.3) is 4.52 Å². The second-order valence-electron chi connectivity index (χ2n) is 2.35. The van der Waals surface area contributed by atoms with Crippen molar-refractivity contribution in [2.24, 2.45) is 9.51 Å². The Balaban J connectivity index is 3.20. The molecule has 0 spiro atoms. The summed E-state index contributed by atoms with van der Waals surface area (Å²) in [5.74, 6) is 0. The molecule has 1 aromatic rings. The maximum Gasteiger partial charge on any atom is 0.355 e. The number of isocyanates is 1. The Bertz CT molecular complexity index is 550. The third-order valence-electron chi connectivity index (χ3n) is 1.46. The minimum atomic E-state index is -3.91. The Morgan fingerprint density at radius 1 is 1.27 bits per heavy atom. The Hall–Kier alpha value is -2.14. The predicted molar refractivity (Wildman–Crippen MR) is 48.7 cm³/mol. The molecule has 1 rings (SSSR count). The normalized spacial score (nSPS) is 9.87. The maximum atomic E-state index is 11.2. The van der Waals surface area contributed by atoms with Gasteiger partial charge in [-0.25, -0.2) is 4.79 Å². The fourth-order valence-electron chi connectivity index (χ4n) is 0.846. The van der Waals surface area contributed by atoms with Crippen molar-refractivity contribution in [3.8, 4) is 0 Å². The summed E-state index contributed by atoms with van der Waals surface area (Å²) in [6, 6.07) is 5.05. The first kappa shape index (κ1) is 10.9. The summed E-state index contributed by atoms with van der Waals surface area (Å²) in [7, 11) is -3.91. The lowest BCUT2D eigenvalue weighted by Crippen LogP contribution is -1.95. The van der Waals surface area contributed by atoms with Gasteiger partial charge in [-0.2, -0.15) is 13.4 Å². The van der Waals surface area contributed by atoms with E-state index in [0.717, 1.165) is 0 Å². The van der Waals surface area contributed by atoms with E-state index in [0.29, 0.717) is 0 Å². The van der Waals surface area contributed by atoms with Crippen LogP contribution < -0.4 is 4.91 Å². The van der Waals surface area contributed by atoms with Gasteiger partial charge in [-0.15, -0.1) is 0 Å². The van der Waals surface area contributed by atoms with E-state index in [1.807, 2.05) is 0 Å². The molecule has 0 aromatic heterocycles. The lowest BCUT2D eigenvalue weighted by molar-refractivity contribution is 0.565. The number of carbonyl (C=O) groups excluding carboxylic acids is 1. The van der Waals surface area contributed by atoms with E-state index in [9.17, 15) is 13.2 Å². The molecule has 0 aliphatic rings. The molecular weight excluding hydrogens is 220 g/mol. The van der Waals surface area contributed by atoms with Crippen molar-refractivity contribution in [2.45, 2.75) is 4.90 Å². The van der Waals surface area contributed by atoms with Crippen LogP contribution in [0.5, 0.6) is 0 Å². The van der Waals surface area contributed by atoms with Crippen LogP contribution in [0.3, 0.4) is 0 Å². The van der Waals surface area contributed by atoms with Crippen molar-refractivity contribution in [2.75, 3.05) is 0 Å². The monoisotopic (exact) mass is 225 g/mol. The number of nitrogens with one attached hydrogen (secondary N) is 1. The first-order chi connectivity index (χ1) is 7.10. The molecule has 0 heterocycles. The molecule has 0 radical (unpaired) electrons. The van der Waals surface area contributed by atoms with Crippen LogP contribution in [0.1, 0.15) is 0 Å². The molecule has 0 atom stereocenters. The van der Waals surface area contributed by atoms with Gasteiger partial charge >= 0.3 is 10.0 Å². The van der Waals surface area contributed by atoms with E-state index in [4.69, 9.17) is 5.53 Å². The lowest BCUT2D eigenvalue weighted by Gasteiger charge is -1.92. The third kappa shape index (κ3) is 2.65. The molecule has 0 fully saturated rings. The van der Waals surface area contributed by atoms with Crippen molar-refractivity contribution in [3.05, 3.63) is 24.3 Å². The molecule has 0 saturated heterocycles. The molecule has 0 amide bonds. The summed E-state index contributed by atoms with van der Waals surface area (Å²) in [6.45, 7) is 0. The Morgan fingerprint density at radius 3 is 2.33 bits per heavy atom. The number of nitrogens with zero attached hydrogens (tertiary/aromatic N) is 3. The molecule has 0 aliphatic carbocycles. The molecular formula is C7H5N4O3S+. The number of sulfonamides is 1. The van der Waals surface area contributed by atoms with Crippen LogP contribution in [-0.4, -0.2) is 14.5 Å². The highest BCUT2D eigenvalue weighted by molar-refractivity contribution is 7.90. The van der Waals surface area contributed by atoms with Gasteiger partial charge in [-0.1, -0.05) is 0 Å². The zero-order valence-electron chi connectivity index (χ0n) is 7.28. The summed E-state index contributed by atoms with van der Waals surface area (Å²) in [5.41, 5.74) is 6.61. The first-order valence-electron chi connectivity index (χ1n) is 3.62. The van der Waals surface area contributed by atoms with E-state index in [-0.39, 0.29) is 10.6 Å². The largest absolute Gasteiger partial charge is 0.355 e. The zero-order valence-corrected chi connectivity index (χ0v) is 8.10. The van der Waals surface area contributed by atoms with E-state index in [2.05, 4.69) is 14.4 Å². The minimum Gasteiger partial charge on any atom is -0.211 e. The second kappa shape index (κ2) is 4.39. The van der Waals surface area contributed by atoms with Crippen molar-refractivity contribution in [1.82, 2.24) is 4.91 Å². The highest BCUT2D eigenvalue weighted by atomic mass is 32.2. The van der Waals surface area contributed by atoms with Crippen LogP contribution >= 0.6 is 0 Å². The molecule has 8 heteroatoms. The number of hydrogen-bond donors (Lipinski definition) is 1. The van der Waals surface area contributed by atoms with Crippen LogP contribution in [0.15, 0.2) is 38.7 Å². The number of aliphatic imine (C=N–C) groups is 1. The minimum absolute atomic E-state index is 0.122. The molecule has 76 valence electrons. The summed E-state index contributed by atoms with van der Waals surface area (Å²) < 4.78 is 25.2. The van der Waals surface area contributed by atoms with Crippen LogP contribution in [0, 0.1) is 5.53 Å². The molecule has 0 aliphatic heterocycles. The van der Waals surface area contributed by atoms with Crippen LogP contribution in [0.2, 0.25) is 0 Å². The van der Waals surface area contributed by atoms with Gasteiger partial charge in [-0.3, -0.25) is 0 Å². The molecule has 1 aromatic carbocycles. The van der Waals surface area contributed by atoms with Gasteiger partial charge in [0.15, 0.2) is 0 Å². The lowest BCUT2D eigenvalue weighted by atomic mass is 10.3. The maximum absolute atomic E-state index is 11.2. The summed E-state index contributed by atoms with van der Waals surface area (Å²) in [5, 5.41) is 0. The molecule has 7 nitrogen and oxygen atoms in total. The molecule has 0 bridgehead atoms. The number of benzene rings is 1. The van der Waals surface area contributed by atoms with E-state index in [1.165, 1.54) is 30.3 Å². The van der Waals surface area contributed by atoms with Crippen LogP contribution in [-0.2, 0) is 14.8 Å². The molecule has 0 saturated carbocycles. The van der Waals surface area contributed by atoms with Gasteiger partial charge in [0, 0.05) is 0 Å². The molecule has 1 N–H and O–H groups in total. The highest BCUT2D eigenvalue weighted by Gasteiger charge is 2.17. The van der Waals surface area contributed by atoms with Gasteiger partial charge in [0.05, 0.1) is 10.6 Å². The summed E-state index contributed by atoms with van der Waals surface area (Å²) in [6.07, 6.45) is 1.32. The zero-order chi connectivity index (χ0) is 11.3. The van der Waals surface area contributed by atoms with Crippen molar-refractivity contribution in [3.63, 3.8) is 0 Å². The fraction of sp³-hybridized carbons (Fsp3) is 0. The Morgan fingerprint density at radius 2 is 1.87 bits per heavy atom. The molecule has 15 heavy (non-hydrogen) atoms. The smallest absolute Gasteiger partial charge is 0.211 e. The van der Waals surface area contributed by atoms with Gasteiger partial charge in [0.1, 0.15) is 5.53 Å². The predicted octanol–water partition coefficient (Wildman–Crippen LogP) is 0.893. The third-order valence-corrected chi connectivity index (χ3v) is 2.62. The van der Waals surface area contributed by atoms with Crippen LogP contribution in [0.4, 0.5) is 5.69 Å². The standard InChI is InChI=1S/C7H5N4O3S/c8-10-11-15(13,14)7-3-1-6(2-4-7)9-5-12/h1-4,8H/q+1. The van der Waals surface area contributed by atoms with E-state index < -0.39 is 10.0 Å². The van der Waals surface area contributed by atoms with Crippen molar-refractivity contribution in [1.29, 1.82) is 5.53 Å². The average Bonchev–Trinajstić information content (AvgIpc) is 2.19. The van der Waals surface area contributed by atoms with E-state index >= 15 is 0 Å². The fourth-order valence-corrected chi connectivity index (χ4v) is 1.53. The molecule has 0 unspecified atom stereocenters. The van der Waals surface area contributed by atoms with Crippen LogP contribution in [0.25, 0.3) is 0 Å². The van der Waals surface area contributed by atoms with Gasteiger partial charge < -0.3 is 0 Å². The average molecular weight is 225 g/mol. The first-order valence-corrected chi connectivity index (χ1v) is 5.06. The van der Waals surface area contributed by atoms with Gasteiger partial charge in [-0.05, 0) is 24.3 Å². The van der Waals surface area contributed by atoms with Crippen molar-refractivity contribution >= 4 is 21.8 Å². The SMILES string of the molecule is N=[N+]=NS(=O)(=O)c1ccc(N=C=O)cc1. The van der Waals surface area contributed by atoms with E-state index in [1.54, 1.807) is 0 Å². The Labute approximate surface area is 84.7 Å². The topological polar surface area (TPSA) is 114 Å². The van der Waals surface area contributed by atoms with Crippen molar-refractivity contribution < 1.29 is 13.2 Å². The quantitative estimate of drug-likeness (QED) is 0.356. The number of hydrogen-bond acceptors (Lipinski definition) is 5. The summed E-state index contributed by atoms with van der Waals surface area (Å²) in [4.78, 5) is 15.5. The summed E-state index contributed by atoms with van der Waals surface area (Å²) >= 11 is 0. The number of rotatable bonds is 3. The second-order valence-corrected chi connectivity index (χ2v) is 3.94. The highest BCUT2D eigenvalue weighted by Crippen LogP contribution is 2.17. The van der Waals surface area contributed by atoms with Gasteiger partial charge in [0.2, 0.25) is 11.0 Å².